The van der Waals surface area contributed by atoms with E-state index < -0.39 is 10.0 Å². The first-order valence-electron chi connectivity index (χ1n) is 5.78. The first kappa shape index (κ1) is 15.5. The fourth-order valence-corrected chi connectivity index (χ4v) is 3.04. The number of sulfonamides is 1. The summed E-state index contributed by atoms with van der Waals surface area (Å²) in [4.78, 5) is 13.2. The molecule has 3 N–H and O–H groups in total. The van der Waals surface area contributed by atoms with E-state index in [1.165, 1.54) is 23.1 Å². The molecule has 0 saturated carbocycles. The predicted octanol–water partition coefficient (Wildman–Crippen LogP) is 0.657. The van der Waals surface area contributed by atoms with Gasteiger partial charge in [0.25, 0.3) is 5.91 Å². The highest BCUT2D eigenvalue weighted by atomic mass is 32.2. The molecular formula is C12H19N3O3S. The molecule has 0 fully saturated rings. The lowest BCUT2D eigenvalue weighted by Crippen LogP contribution is -2.33. The average Bonchev–Trinajstić information content (AvgIpc) is 2.26. The molecule has 1 amide bonds. The van der Waals surface area contributed by atoms with Gasteiger partial charge in [-0.15, -0.1) is 0 Å². The van der Waals surface area contributed by atoms with Crippen molar-refractivity contribution in [3.63, 3.8) is 0 Å². The Morgan fingerprint density at radius 3 is 2.37 bits per heavy atom. The molecule has 0 unspecified atom stereocenters. The van der Waals surface area contributed by atoms with Crippen LogP contribution in [0.5, 0.6) is 0 Å². The van der Waals surface area contributed by atoms with E-state index in [0.29, 0.717) is 5.69 Å². The van der Waals surface area contributed by atoms with Crippen LogP contribution in [0.4, 0.5) is 5.69 Å². The molecule has 0 bridgehead atoms. The minimum atomic E-state index is -3.77. The predicted molar refractivity (Wildman–Crippen MR) is 74.3 cm³/mol. The van der Waals surface area contributed by atoms with Crippen LogP contribution in [0.15, 0.2) is 23.1 Å². The number of hydrogen-bond donors (Lipinski definition) is 2. The zero-order valence-electron chi connectivity index (χ0n) is 11.5. The number of nitrogens with zero attached hydrogens (tertiary/aromatic N) is 1. The molecule has 1 aromatic carbocycles. The number of carbonyl (C=O) groups excluding carboxylic acids is 1. The third-order valence-electron chi connectivity index (χ3n) is 2.32. The Hall–Kier alpha value is -1.60. The van der Waals surface area contributed by atoms with Crippen molar-refractivity contribution in [1.82, 2.24) is 9.62 Å². The van der Waals surface area contributed by atoms with Crippen LogP contribution in [0.1, 0.15) is 24.2 Å². The Kier molecular flexibility index (Phi) is 4.54. The van der Waals surface area contributed by atoms with Gasteiger partial charge in [-0.25, -0.2) is 13.1 Å². The molecule has 1 aromatic rings. The van der Waals surface area contributed by atoms with Gasteiger partial charge in [-0.2, -0.15) is 0 Å². The fourth-order valence-electron chi connectivity index (χ4n) is 1.55. The quantitative estimate of drug-likeness (QED) is 0.795. The maximum atomic E-state index is 12.2. The summed E-state index contributed by atoms with van der Waals surface area (Å²) in [6.07, 6.45) is 0. The Labute approximate surface area is 113 Å². The number of nitrogen functional groups attached to an aromatic ring is 1. The summed E-state index contributed by atoms with van der Waals surface area (Å²) in [6, 6.07) is 3.95. The van der Waals surface area contributed by atoms with E-state index >= 15 is 0 Å². The number of benzene rings is 1. The molecule has 0 atom stereocenters. The van der Waals surface area contributed by atoms with Crippen molar-refractivity contribution in [3.8, 4) is 0 Å². The van der Waals surface area contributed by atoms with Gasteiger partial charge in [-0.1, -0.05) is 0 Å². The van der Waals surface area contributed by atoms with Crippen LogP contribution >= 0.6 is 0 Å². The van der Waals surface area contributed by atoms with Crippen molar-refractivity contribution in [2.24, 2.45) is 0 Å². The summed E-state index contributed by atoms with van der Waals surface area (Å²) in [5.41, 5.74) is 6.01. The zero-order chi connectivity index (χ0) is 14.8. The van der Waals surface area contributed by atoms with Gasteiger partial charge in [0.05, 0.1) is 10.5 Å². The lowest BCUT2D eigenvalue weighted by Gasteiger charge is -2.16. The normalized spacial score (nSPS) is 11.6. The van der Waals surface area contributed by atoms with E-state index in [4.69, 9.17) is 5.73 Å². The third-order valence-corrected chi connectivity index (χ3v) is 4.02. The topological polar surface area (TPSA) is 92.5 Å². The standard InChI is InChI=1S/C12H19N3O3S/c1-8(2)14-19(17,18)11-7-9(13)5-6-10(11)12(16)15(3)4/h5-8,14H,13H2,1-4H3. The number of anilines is 1. The van der Waals surface area contributed by atoms with Crippen molar-refractivity contribution in [3.05, 3.63) is 23.8 Å². The minimum absolute atomic E-state index is 0.0973. The van der Waals surface area contributed by atoms with Crippen molar-refractivity contribution < 1.29 is 13.2 Å². The number of hydrogen-bond acceptors (Lipinski definition) is 4. The van der Waals surface area contributed by atoms with Gasteiger partial charge in [-0.05, 0) is 32.0 Å². The van der Waals surface area contributed by atoms with Crippen LogP contribution in [0, 0.1) is 0 Å². The lowest BCUT2D eigenvalue weighted by atomic mass is 10.2. The lowest BCUT2D eigenvalue weighted by molar-refractivity contribution is 0.0824. The van der Waals surface area contributed by atoms with E-state index in [-0.39, 0.29) is 22.4 Å². The number of carbonyl (C=O) groups is 1. The summed E-state index contributed by atoms with van der Waals surface area (Å²) in [7, 11) is -0.648. The molecule has 106 valence electrons. The molecule has 0 saturated heterocycles. The zero-order valence-corrected chi connectivity index (χ0v) is 12.3. The number of nitrogens with two attached hydrogens (primary N) is 1. The van der Waals surface area contributed by atoms with E-state index in [2.05, 4.69) is 4.72 Å². The largest absolute Gasteiger partial charge is 0.399 e. The Balaban J connectivity index is 3.41. The second-order valence-electron chi connectivity index (χ2n) is 4.73. The molecule has 1 rings (SSSR count). The summed E-state index contributed by atoms with van der Waals surface area (Å²) < 4.78 is 26.9. The monoisotopic (exact) mass is 285 g/mol. The second-order valence-corrected chi connectivity index (χ2v) is 6.41. The molecule has 6 nitrogen and oxygen atoms in total. The van der Waals surface area contributed by atoms with Gasteiger partial charge >= 0.3 is 0 Å². The summed E-state index contributed by atoms with van der Waals surface area (Å²) in [6.45, 7) is 3.41. The highest BCUT2D eigenvalue weighted by Crippen LogP contribution is 2.20. The van der Waals surface area contributed by atoms with E-state index in [1.54, 1.807) is 27.9 Å². The Morgan fingerprint density at radius 1 is 1.32 bits per heavy atom. The van der Waals surface area contributed by atoms with Gasteiger partial charge in [0.1, 0.15) is 0 Å². The molecule has 0 aliphatic carbocycles. The second kappa shape index (κ2) is 5.58. The molecule has 0 spiro atoms. The molecule has 0 aliphatic rings. The molecular weight excluding hydrogens is 266 g/mol. The number of amides is 1. The van der Waals surface area contributed by atoms with E-state index in [9.17, 15) is 13.2 Å². The fraction of sp³-hybridized carbons (Fsp3) is 0.417. The maximum Gasteiger partial charge on any atom is 0.254 e. The van der Waals surface area contributed by atoms with Gasteiger partial charge < -0.3 is 10.6 Å². The SMILES string of the molecule is CC(C)NS(=O)(=O)c1cc(N)ccc1C(=O)N(C)C. The van der Waals surface area contributed by atoms with Crippen LogP contribution in [0.25, 0.3) is 0 Å². The number of nitrogens with one attached hydrogen (secondary N) is 1. The molecule has 0 aromatic heterocycles. The highest BCUT2D eigenvalue weighted by molar-refractivity contribution is 7.89. The van der Waals surface area contributed by atoms with Crippen molar-refractivity contribution in [1.29, 1.82) is 0 Å². The summed E-state index contributed by atoms with van der Waals surface area (Å²) >= 11 is 0. The van der Waals surface area contributed by atoms with Crippen LogP contribution in [0.3, 0.4) is 0 Å². The number of rotatable bonds is 4. The van der Waals surface area contributed by atoms with Gasteiger partial charge in [0.2, 0.25) is 10.0 Å². The van der Waals surface area contributed by atoms with Gasteiger partial charge in [0.15, 0.2) is 0 Å². The third kappa shape index (κ3) is 3.68. The smallest absolute Gasteiger partial charge is 0.254 e. The maximum absolute atomic E-state index is 12.2. The molecule has 0 radical (unpaired) electrons. The summed E-state index contributed by atoms with van der Waals surface area (Å²) in [5.74, 6) is -0.385. The van der Waals surface area contributed by atoms with Gasteiger partial charge in [-0.3, -0.25) is 4.79 Å². The molecule has 7 heteroatoms. The highest BCUT2D eigenvalue weighted by Gasteiger charge is 2.24. The molecule has 19 heavy (non-hydrogen) atoms. The molecule has 0 aliphatic heterocycles. The van der Waals surface area contributed by atoms with Crippen LogP contribution in [0.2, 0.25) is 0 Å². The van der Waals surface area contributed by atoms with Crippen LogP contribution < -0.4 is 10.5 Å². The average molecular weight is 285 g/mol. The minimum Gasteiger partial charge on any atom is -0.399 e. The van der Waals surface area contributed by atoms with E-state index in [1.807, 2.05) is 0 Å². The Bertz CT molecular complexity index is 580. The van der Waals surface area contributed by atoms with Crippen molar-refractivity contribution in [2.75, 3.05) is 19.8 Å². The Morgan fingerprint density at radius 2 is 1.89 bits per heavy atom. The molecule has 0 heterocycles. The van der Waals surface area contributed by atoms with Gasteiger partial charge in [0, 0.05) is 25.8 Å². The van der Waals surface area contributed by atoms with Crippen molar-refractivity contribution >= 4 is 21.6 Å². The summed E-state index contributed by atoms with van der Waals surface area (Å²) in [5, 5.41) is 0. The van der Waals surface area contributed by atoms with Crippen LogP contribution in [-0.2, 0) is 10.0 Å². The first-order valence-corrected chi connectivity index (χ1v) is 7.27. The van der Waals surface area contributed by atoms with Crippen LogP contribution in [-0.4, -0.2) is 39.4 Å². The van der Waals surface area contributed by atoms with Crippen molar-refractivity contribution in [2.45, 2.75) is 24.8 Å². The first-order chi connectivity index (χ1) is 8.65. The van der Waals surface area contributed by atoms with E-state index in [0.717, 1.165) is 0 Å².